The third-order valence-electron chi connectivity index (χ3n) is 3.10. The van der Waals surface area contributed by atoms with Crippen LogP contribution in [0.4, 0.5) is 5.69 Å². The summed E-state index contributed by atoms with van der Waals surface area (Å²) in [5, 5.41) is 7.66. The summed E-state index contributed by atoms with van der Waals surface area (Å²) in [7, 11) is 0. The molecule has 0 atom stereocenters. The van der Waals surface area contributed by atoms with E-state index in [0.717, 1.165) is 5.56 Å². The summed E-state index contributed by atoms with van der Waals surface area (Å²) in [5.74, 6) is -0.519. The van der Waals surface area contributed by atoms with Gasteiger partial charge in [-0.15, -0.1) is 0 Å². The van der Waals surface area contributed by atoms with Crippen LogP contribution < -0.4 is 11.5 Å². The summed E-state index contributed by atoms with van der Waals surface area (Å²) >= 11 is 0. The second-order valence-electron chi connectivity index (χ2n) is 4.41. The van der Waals surface area contributed by atoms with Crippen LogP contribution in [-0.4, -0.2) is 21.6 Å². The fraction of sp³-hybridized carbons (Fsp3) is 0.214. The molecule has 0 amide bonds. The summed E-state index contributed by atoms with van der Waals surface area (Å²) < 4.78 is 1.51. The van der Waals surface area contributed by atoms with Crippen LogP contribution in [-0.2, 0) is 11.4 Å². The molecule has 0 aliphatic heterocycles. The maximum absolute atomic E-state index is 11.9. The number of aromatic nitrogens is 2. The summed E-state index contributed by atoms with van der Waals surface area (Å²) in [6.45, 7) is 4.25. The van der Waals surface area contributed by atoms with Crippen molar-refractivity contribution in [1.29, 1.82) is 0 Å². The van der Waals surface area contributed by atoms with E-state index in [1.807, 2.05) is 13.8 Å². The number of benzene rings is 1. The number of hydrogen-bond acceptors (Lipinski definition) is 5. The number of nitrogens with two attached hydrogens (primary N) is 2. The van der Waals surface area contributed by atoms with E-state index in [4.69, 9.17) is 16.3 Å². The average Bonchev–Trinajstić information content (AvgIpc) is 2.95. The molecule has 0 aliphatic carbocycles. The molecule has 2 rings (SSSR count). The summed E-state index contributed by atoms with van der Waals surface area (Å²) in [4.78, 5) is 16.8. The Hall–Kier alpha value is -2.83. The van der Waals surface area contributed by atoms with Crippen LogP contribution in [0.1, 0.15) is 28.5 Å². The fourth-order valence-electron chi connectivity index (χ4n) is 1.88. The van der Waals surface area contributed by atoms with E-state index in [-0.39, 0.29) is 5.84 Å². The van der Waals surface area contributed by atoms with Gasteiger partial charge in [0, 0.05) is 24.0 Å². The third-order valence-corrected chi connectivity index (χ3v) is 3.10. The normalized spacial score (nSPS) is 11.4. The van der Waals surface area contributed by atoms with Crippen molar-refractivity contribution in [3.8, 4) is 0 Å². The number of nitrogens with zero attached hydrogens (tertiary/aromatic N) is 3. The van der Waals surface area contributed by atoms with Crippen LogP contribution in [0.25, 0.3) is 0 Å². The Bertz CT molecular complexity index is 690. The van der Waals surface area contributed by atoms with Gasteiger partial charge < -0.3 is 16.3 Å². The minimum absolute atomic E-state index is 0.0933. The van der Waals surface area contributed by atoms with Gasteiger partial charge in [0.15, 0.2) is 5.84 Å². The Balaban J connectivity index is 2.17. The predicted molar refractivity (Wildman–Crippen MR) is 79.6 cm³/mol. The van der Waals surface area contributed by atoms with Crippen LogP contribution in [0.3, 0.4) is 0 Å². The molecule has 0 radical (unpaired) electrons. The molecule has 21 heavy (non-hydrogen) atoms. The molecule has 1 aromatic carbocycles. The highest BCUT2D eigenvalue weighted by molar-refractivity contribution is 6.00. The van der Waals surface area contributed by atoms with E-state index in [1.165, 1.54) is 10.9 Å². The number of aryl methyl sites for hydroxylation is 1. The van der Waals surface area contributed by atoms with Crippen molar-refractivity contribution in [2.75, 3.05) is 5.73 Å². The van der Waals surface area contributed by atoms with Gasteiger partial charge in [-0.2, -0.15) is 5.10 Å². The number of amidine groups is 1. The van der Waals surface area contributed by atoms with Gasteiger partial charge in [-0.3, -0.25) is 4.68 Å². The molecule has 0 saturated heterocycles. The van der Waals surface area contributed by atoms with Crippen molar-refractivity contribution >= 4 is 17.5 Å². The van der Waals surface area contributed by atoms with E-state index in [0.29, 0.717) is 23.5 Å². The van der Waals surface area contributed by atoms with Crippen LogP contribution in [0.2, 0.25) is 0 Å². The highest BCUT2D eigenvalue weighted by atomic mass is 16.7. The first-order valence-electron chi connectivity index (χ1n) is 6.46. The van der Waals surface area contributed by atoms with Gasteiger partial charge in [0.2, 0.25) is 0 Å². The zero-order chi connectivity index (χ0) is 15.4. The zero-order valence-corrected chi connectivity index (χ0v) is 11.9. The molecular weight excluding hydrogens is 270 g/mol. The monoisotopic (exact) mass is 287 g/mol. The minimum Gasteiger partial charge on any atom is -0.398 e. The molecule has 7 nitrogen and oxygen atoms in total. The Morgan fingerprint density at radius 1 is 1.43 bits per heavy atom. The Morgan fingerprint density at radius 2 is 2.19 bits per heavy atom. The lowest BCUT2D eigenvalue weighted by Crippen LogP contribution is -2.18. The van der Waals surface area contributed by atoms with Crippen molar-refractivity contribution in [1.82, 2.24) is 9.78 Å². The molecule has 0 saturated carbocycles. The third kappa shape index (κ3) is 3.02. The minimum atomic E-state index is -0.612. The quantitative estimate of drug-likeness (QED) is 0.289. The van der Waals surface area contributed by atoms with Gasteiger partial charge in [0.1, 0.15) is 5.69 Å². The van der Waals surface area contributed by atoms with Crippen LogP contribution in [0.15, 0.2) is 35.6 Å². The summed E-state index contributed by atoms with van der Waals surface area (Å²) in [6, 6.07) is 6.84. The fourth-order valence-corrected chi connectivity index (χ4v) is 1.88. The standard InChI is InChI=1S/C14H17N5O2/c1-3-19-12(7-8-17-19)14(20)21-18-13(16)10-5-4-6-11(15)9(10)2/h4-8H,3,15H2,1-2H3,(H2,16,18). The molecule has 0 bridgehead atoms. The molecule has 0 fully saturated rings. The van der Waals surface area contributed by atoms with E-state index >= 15 is 0 Å². The maximum Gasteiger partial charge on any atom is 0.383 e. The number of carbonyl (C=O) groups excluding carboxylic acids is 1. The van der Waals surface area contributed by atoms with Crippen LogP contribution in [0, 0.1) is 6.92 Å². The molecule has 110 valence electrons. The smallest absolute Gasteiger partial charge is 0.383 e. The van der Waals surface area contributed by atoms with Crippen LogP contribution in [0.5, 0.6) is 0 Å². The van der Waals surface area contributed by atoms with E-state index in [9.17, 15) is 4.79 Å². The maximum atomic E-state index is 11.9. The molecule has 7 heteroatoms. The average molecular weight is 287 g/mol. The van der Waals surface area contributed by atoms with E-state index < -0.39 is 5.97 Å². The van der Waals surface area contributed by atoms with Gasteiger partial charge in [0.25, 0.3) is 0 Å². The largest absolute Gasteiger partial charge is 0.398 e. The van der Waals surface area contributed by atoms with Gasteiger partial charge in [-0.1, -0.05) is 17.3 Å². The molecular formula is C14H17N5O2. The van der Waals surface area contributed by atoms with Gasteiger partial charge >= 0.3 is 5.97 Å². The summed E-state index contributed by atoms with van der Waals surface area (Å²) in [5.41, 5.74) is 14.0. The van der Waals surface area contributed by atoms with Crippen molar-refractivity contribution < 1.29 is 9.63 Å². The molecule has 0 spiro atoms. The molecule has 1 heterocycles. The molecule has 2 aromatic rings. The Kier molecular flexibility index (Phi) is 4.22. The second-order valence-corrected chi connectivity index (χ2v) is 4.41. The van der Waals surface area contributed by atoms with E-state index in [2.05, 4.69) is 10.3 Å². The van der Waals surface area contributed by atoms with Gasteiger partial charge in [0.05, 0.1) is 0 Å². The molecule has 4 N–H and O–H groups in total. The second kappa shape index (κ2) is 6.08. The number of hydrogen-bond donors (Lipinski definition) is 2. The van der Waals surface area contributed by atoms with Crippen molar-refractivity contribution in [2.45, 2.75) is 20.4 Å². The molecule has 0 aliphatic rings. The highest BCUT2D eigenvalue weighted by Gasteiger charge is 2.14. The SMILES string of the molecule is CCn1nccc1C(=O)O/N=C(\N)c1cccc(N)c1C. The first-order valence-corrected chi connectivity index (χ1v) is 6.46. The first-order chi connectivity index (χ1) is 10.0. The number of rotatable bonds is 4. The van der Waals surface area contributed by atoms with Crippen molar-refractivity contribution in [3.63, 3.8) is 0 Å². The summed E-state index contributed by atoms with van der Waals surface area (Å²) in [6.07, 6.45) is 1.52. The van der Waals surface area contributed by atoms with Crippen molar-refractivity contribution in [3.05, 3.63) is 47.3 Å². The van der Waals surface area contributed by atoms with Crippen molar-refractivity contribution in [2.24, 2.45) is 10.9 Å². The Labute approximate surface area is 122 Å². The zero-order valence-electron chi connectivity index (χ0n) is 11.9. The van der Waals surface area contributed by atoms with Gasteiger partial charge in [-0.05, 0) is 31.5 Å². The Morgan fingerprint density at radius 3 is 2.90 bits per heavy atom. The number of oxime groups is 1. The van der Waals surface area contributed by atoms with Gasteiger partial charge in [-0.25, -0.2) is 4.79 Å². The number of anilines is 1. The predicted octanol–water partition coefficient (Wildman–Crippen LogP) is 1.27. The lowest BCUT2D eigenvalue weighted by atomic mass is 10.1. The van der Waals surface area contributed by atoms with E-state index in [1.54, 1.807) is 24.3 Å². The first kappa shape index (κ1) is 14.6. The van der Waals surface area contributed by atoms with Crippen LogP contribution >= 0.6 is 0 Å². The highest BCUT2D eigenvalue weighted by Crippen LogP contribution is 2.15. The lowest BCUT2D eigenvalue weighted by Gasteiger charge is -2.07. The topological polar surface area (TPSA) is 109 Å². The molecule has 1 aromatic heterocycles. The lowest BCUT2D eigenvalue weighted by molar-refractivity contribution is 0.0501. The number of nitrogen functional groups attached to an aromatic ring is 1. The molecule has 0 unspecified atom stereocenters. The number of carbonyl (C=O) groups is 1.